The van der Waals surface area contributed by atoms with Crippen molar-refractivity contribution in [3.63, 3.8) is 0 Å². The number of rotatable bonds is 0. The van der Waals surface area contributed by atoms with Gasteiger partial charge in [-0.1, -0.05) is 0 Å². The van der Waals surface area contributed by atoms with E-state index in [1.165, 1.54) is 0 Å². The molecule has 2 bridgehead atoms. The molecule has 1 aliphatic carbocycles. The fraction of sp³-hybridized carbons (Fsp3) is 0.545. The number of anilines is 1. The van der Waals surface area contributed by atoms with Crippen LogP contribution in [0.4, 0.5) is 5.69 Å². The first-order valence-electron chi connectivity index (χ1n) is 5.22. The zero-order valence-corrected chi connectivity index (χ0v) is 9.26. The predicted molar refractivity (Wildman–Crippen MR) is 61.3 cm³/mol. The minimum Gasteiger partial charge on any atom is -0.371 e. The quantitative estimate of drug-likeness (QED) is 0.714. The number of aliphatic hydroxyl groups is 1. The van der Waals surface area contributed by atoms with Crippen molar-refractivity contribution in [1.82, 2.24) is 4.98 Å². The van der Waals surface area contributed by atoms with E-state index in [0.29, 0.717) is 5.92 Å². The average molecular weight is 227 g/mol. The lowest BCUT2D eigenvalue weighted by Gasteiger charge is -2.42. The number of halogens is 1. The summed E-state index contributed by atoms with van der Waals surface area (Å²) < 4.78 is 0. The van der Waals surface area contributed by atoms with Gasteiger partial charge in [0.25, 0.3) is 0 Å². The van der Waals surface area contributed by atoms with E-state index in [2.05, 4.69) is 10.3 Å². The predicted octanol–water partition coefficient (Wildman–Crippen LogP) is 2.28. The number of nitrogens with one attached hydrogen (secondary N) is 1. The summed E-state index contributed by atoms with van der Waals surface area (Å²) in [5.74, 6) is 0.450. The molecule has 0 aromatic carbocycles. The lowest BCUT2D eigenvalue weighted by molar-refractivity contribution is 0.0174. The molecular formula is C11H15ClN2O. The molecule has 2 atom stereocenters. The lowest BCUT2D eigenvalue weighted by Crippen LogP contribution is -2.45. The van der Waals surface area contributed by atoms with Gasteiger partial charge < -0.3 is 10.4 Å². The fourth-order valence-corrected chi connectivity index (χ4v) is 2.70. The third kappa shape index (κ3) is 1.70. The highest BCUT2D eigenvalue weighted by atomic mass is 35.5. The normalized spacial score (nSPS) is 32.2. The molecule has 1 saturated carbocycles. The Hall–Kier alpha value is -0.800. The van der Waals surface area contributed by atoms with Gasteiger partial charge in [0.2, 0.25) is 0 Å². The maximum Gasteiger partial charge on any atom is 0.136 e. The SMILES string of the molecule is Cl.OC12CCCC(C1)c1ncccc1N2. The minimum atomic E-state index is -0.668. The summed E-state index contributed by atoms with van der Waals surface area (Å²) in [5, 5.41) is 13.4. The number of hydrogen-bond donors (Lipinski definition) is 2. The van der Waals surface area contributed by atoms with Crippen molar-refractivity contribution in [3.05, 3.63) is 24.0 Å². The van der Waals surface area contributed by atoms with Gasteiger partial charge in [-0.25, -0.2) is 0 Å². The maximum absolute atomic E-state index is 10.2. The van der Waals surface area contributed by atoms with Gasteiger partial charge >= 0.3 is 0 Å². The molecule has 1 aliphatic heterocycles. The van der Waals surface area contributed by atoms with Crippen molar-refractivity contribution >= 4 is 18.1 Å². The molecule has 0 amide bonds. The van der Waals surface area contributed by atoms with Crippen molar-refractivity contribution in [2.45, 2.75) is 37.3 Å². The summed E-state index contributed by atoms with van der Waals surface area (Å²) in [7, 11) is 0. The van der Waals surface area contributed by atoms with E-state index < -0.39 is 5.72 Å². The first-order chi connectivity index (χ1) is 6.77. The maximum atomic E-state index is 10.2. The third-order valence-corrected chi connectivity index (χ3v) is 3.32. The monoisotopic (exact) mass is 226 g/mol. The molecule has 0 radical (unpaired) electrons. The second kappa shape index (κ2) is 3.65. The number of pyridine rings is 1. The molecule has 82 valence electrons. The van der Waals surface area contributed by atoms with Crippen LogP contribution in [0, 0.1) is 0 Å². The van der Waals surface area contributed by atoms with Crippen LogP contribution in [-0.4, -0.2) is 15.8 Å². The summed E-state index contributed by atoms with van der Waals surface area (Å²) in [4.78, 5) is 4.40. The number of nitrogens with zero attached hydrogens (tertiary/aromatic N) is 1. The molecule has 3 nitrogen and oxygen atoms in total. The molecule has 1 fully saturated rings. The van der Waals surface area contributed by atoms with Gasteiger partial charge in [0.05, 0.1) is 11.4 Å². The van der Waals surface area contributed by atoms with E-state index in [1.54, 1.807) is 0 Å². The van der Waals surface area contributed by atoms with Crippen LogP contribution in [0.15, 0.2) is 18.3 Å². The summed E-state index contributed by atoms with van der Waals surface area (Å²) >= 11 is 0. The van der Waals surface area contributed by atoms with Gasteiger partial charge in [0.1, 0.15) is 5.72 Å². The number of hydrogen-bond acceptors (Lipinski definition) is 3. The Morgan fingerprint density at radius 2 is 2.40 bits per heavy atom. The summed E-state index contributed by atoms with van der Waals surface area (Å²) in [6, 6.07) is 3.92. The van der Waals surface area contributed by atoms with Crippen LogP contribution in [0.1, 0.15) is 37.3 Å². The molecule has 3 rings (SSSR count). The van der Waals surface area contributed by atoms with Crippen LogP contribution < -0.4 is 5.32 Å². The molecule has 2 aliphatic rings. The molecule has 0 saturated heterocycles. The van der Waals surface area contributed by atoms with Crippen LogP contribution in [0.3, 0.4) is 0 Å². The van der Waals surface area contributed by atoms with E-state index in [-0.39, 0.29) is 12.4 Å². The van der Waals surface area contributed by atoms with Gasteiger partial charge in [-0.2, -0.15) is 0 Å². The molecule has 4 heteroatoms. The van der Waals surface area contributed by atoms with Gasteiger partial charge in [-0.05, 0) is 31.4 Å². The van der Waals surface area contributed by atoms with Gasteiger partial charge in [-0.3, -0.25) is 4.98 Å². The van der Waals surface area contributed by atoms with Crippen LogP contribution in [-0.2, 0) is 0 Å². The lowest BCUT2D eigenvalue weighted by atomic mass is 9.77. The first kappa shape index (κ1) is 10.7. The Morgan fingerprint density at radius 1 is 1.53 bits per heavy atom. The highest BCUT2D eigenvalue weighted by molar-refractivity contribution is 5.85. The molecule has 0 spiro atoms. The molecule has 2 heterocycles. The van der Waals surface area contributed by atoms with E-state index in [4.69, 9.17) is 0 Å². The smallest absolute Gasteiger partial charge is 0.136 e. The second-order valence-corrected chi connectivity index (χ2v) is 4.39. The Kier molecular flexibility index (Phi) is 2.61. The van der Waals surface area contributed by atoms with Crippen molar-refractivity contribution in [1.29, 1.82) is 0 Å². The largest absolute Gasteiger partial charge is 0.371 e. The van der Waals surface area contributed by atoms with Gasteiger partial charge in [0.15, 0.2) is 0 Å². The zero-order chi connectivity index (χ0) is 9.60. The van der Waals surface area contributed by atoms with Crippen LogP contribution >= 0.6 is 12.4 Å². The number of fused-ring (bicyclic) bond motifs is 4. The summed E-state index contributed by atoms with van der Waals surface area (Å²) in [5.41, 5.74) is 1.49. The molecule has 2 unspecified atom stereocenters. The van der Waals surface area contributed by atoms with E-state index in [0.717, 1.165) is 37.1 Å². The second-order valence-electron chi connectivity index (χ2n) is 4.39. The zero-order valence-electron chi connectivity index (χ0n) is 8.44. The highest BCUT2D eigenvalue weighted by Crippen LogP contribution is 2.44. The van der Waals surface area contributed by atoms with Crippen molar-refractivity contribution < 1.29 is 5.11 Å². The Balaban J connectivity index is 0.000000853. The van der Waals surface area contributed by atoms with Crippen molar-refractivity contribution in [3.8, 4) is 0 Å². The van der Waals surface area contributed by atoms with Crippen LogP contribution in [0.25, 0.3) is 0 Å². The van der Waals surface area contributed by atoms with Crippen molar-refractivity contribution in [2.24, 2.45) is 0 Å². The molecule has 15 heavy (non-hydrogen) atoms. The minimum absolute atomic E-state index is 0. The Morgan fingerprint density at radius 3 is 3.27 bits per heavy atom. The Labute approximate surface area is 95.3 Å². The van der Waals surface area contributed by atoms with Crippen molar-refractivity contribution in [2.75, 3.05) is 5.32 Å². The number of aromatic nitrogens is 1. The summed E-state index contributed by atoms with van der Waals surface area (Å²) in [6.07, 6.45) is 5.76. The first-order valence-corrected chi connectivity index (χ1v) is 5.22. The fourth-order valence-electron chi connectivity index (χ4n) is 2.70. The van der Waals surface area contributed by atoms with E-state index >= 15 is 0 Å². The average Bonchev–Trinajstić information content (AvgIpc) is 2.17. The highest BCUT2D eigenvalue weighted by Gasteiger charge is 2.40. The van der Waals surface area contributed by atoms with E-state index in [9.17, 15) is 5.11 Å². The van der Waals surface area contributed by atoms with Crippen LogP contribution in [0.2, 0.25) is 0 Å². The third-order valence-electron chi connectivity index (χ3n) is 3.32. The van der Waals surface area contributed by atoms with Gasteiger partial charge in [-0.15, -0.1) is 12.4 Å². The standard InChI is InChI=1S/C11H14N2O.ClH/c14-11-5-1-3-8(7-11)10-9(13-11)4-2-6-12-10;/h2,4,6,8,13-14H,1,3,5,7H2;1H. The Bertz CT molecular complexity index is 371. The molecular weight excluding hydrogens is 212 g/mol. The topological polar surface area (TPSA) is 45.2 Å². The van der Waals surface area contributed by atoms with Crippen LogP contribution in [0.5, 0.6) is 0 Å². The molecule has 1 aromatic heterocycles. The molecule has 2 N–H and O–H groups in total. The van der Waals surface area contributed by atoms with E-state index in [1.807, 2.05) is 18.3 Å². The van der Waals surface area contributed by atoms with Gasteiger partial charge in [0, 0.05) is 18.5 Å². The molecule has 1 aromatic rings. The summed E-state index contributed by atoms with van der Waals surface area (Å²) in [6.45, 7) is 0.